The van der Waals surface area contributed by atoms with Gasteiger partial charge in [0.25, 0.3) is 0 Å². The van der Waals surface area contributed by atoms with Crippen molar-refractivity contribution in [2.24, 2.45) is 11.8 Å². The zero-order chi connectivity index (χ0) is 15.4. The van der Waals surface area contributed by atoms with E-state index in [1.165, 1.54) is 91.1 Å². The highest BCUT2D eigenvalue weighted by Gasteiger charge is 2.25. The molecule has 0 aromatic heterocycles. The molecule has 0 radical (unpaired) electrons. The van der Waals surface area contributed by atoms with Crippen LogP contribution < -0.4 is 0 Å². The summed E-state index contributed by atoms with van der Waals surface area (Å²) >= 11 is 0. The van der Waals surface area contributed by atoms with Crippen LogP contribution in [-0.4, -0.2) is 99.1 Å². The van der Waals surface area contributed by atoms with E-state index in [-0.39, 0.29) is 0 Å². The van der Waals surface area contributed by atoms with Crippen molar-refractivity contribution in [2.75, 3.05) is 79.5 Å². The second-order valence-corrected chi connectivity index (χ2v) is 8.12. The van der Waals surface area contributed by atoms with Crippen molar-refractivity contribution >= 4 is 0 Å². The predicted octanol–water partition coefficient (Wildman–Crippen LogP) is 1.29. The average molecular weight is 309 g/mol. The molecule has 0 amide bonds. The molecular formula is C18H36N4. The molecular weight excluding hydrogens is 272 g/mol. The van der Waals surface area contributed by atoms with Gasteiger partial charge in [-0.05, 0) is 71.2 Å². The van der Waals surface area contributed by atoms with Crippen molar-refractivity contribution in [3.8, 4) is 0 Å². The van der Waals surface area contributed by atoms with Gasteiger partial charge in [0.05, 0.1) is 0 Å². The van der Waals surface area contributed by atoms with Crippen LogP contribution in [0.3, 0.4) is 0 Å². The summed E-state index contributed by atoms with van der Waals surface area (Å²) in [6.07, 6.45) is 5.66. The SMILES string of the molecule is CN1CCC(CN2CCN(CC3CCCN(C)C3)CC2)CC1. The zero-order valence-electron chi connectivity index (χ0n) is 14.8. The molecule has 3 aliphatic heterocycles. The first-order chi connectivity index (χ1) is 10.7. The van der Waals surface area contributed by atoms with Gasteiger partial charge in [0.2, 0.25) is 0 Å². The Kier molecular flexibility index (Phi) is 6.14. The van der Waals surface area contributed by atoms with E-state index in [0.717, 1.165) is 11.8 Å². The summed E-state index contributed by atoms with van der Waals surface area (Å²) in [5, 5.41) is 0. The van der Waals surface area contributed by atoms with Gasteiger partial charge in [0.1, 0.15) is 0 Å². The van der Waals surface area contributed by atoms with Gasteiger partial charge in [0.15, 0.2) is 0 Å². The number of piperazine rings is 1. The maximum absolute atomic E-state index is 2.74. The van der Waals surface area contributed by atoms with E-state index in [1.807, 2.05) is 0 Å². The Hall–Kier alpha value is -0.160. The number of hydrogen-bond donors (Lipinski definition) is 0. The van der Waals surface area contributed by atoms with E-state index in [0.29, 0.717) is 0 Å². The molecule has 0 aliphatic carbocycles. The Bertz CT molecular complexity index is 319. The lowest BCUT2D eigenvalue weighted by Gasteiger charge is -2.40. The van der Waals surface area contributed by atoms with Gasteiger partial charge in [-0.15, -0.1) is 0 Å². The van der Waals surface area contributed by atoms with Crippen molar-refractivity contribution in [1.29, 1.82) is 0 Å². The van der Waals surface area contributed by atoms with Gasteiger partial charge in [-0.25, -0.2) is 0 Å². The molecule has 1 unspecified atom stereocenters. The molecule has 3 saturated heterocycles. The fourth-order valence-corrected chi connectivity index (χ4v) is 4.55. The fourth-order valence-electron chi connectivity index (χ4n) is 4.55. The summed E-state index contributed by atoms with van der Waals surface area (Å²) in [4.78, 5) is 10.5. The Labute approximate surface area is 137 Å². The minimum absolute atomic E-state index is 0.916. The van der Waals surface area contributed by atoms with Crippen molar-refractivity contribution in [3.05, 3.63) is 0 Å². The molecule has 1 atom stereocenters. The van der Waals surface area contributed by atoms with Crippen LogP contribution in [0.1, 0.15) is 25.7 Å². The molecule has 3 heterocycles. The molecule has 3 aliphatic rings. The fraction of sp³-hybridized carbons (Fsp3) is 1.00. The molecule has 3 rings (SSSR count). The quantitative estimate of drug-likeness (QED) is 0.776. The maximum Gasteiger partial charge on any atom is 0.0110 e. The lowest BCUT2D eigenvalue weighted by Crippen LogP contribution is -2.50. The van der Waals surface area contributed by atoms with Crippen LogP contribution in [0.25, 0.3) is 0 Å². The summed E-state index contributed by atoms with van der Waals surface area (Å²) in [5.41, 5.74) is 0. The maximum atomic E-state index is 2.74. The molecule has 4 heteroatoms. The Morgan fingerprint density at radius 3 is 1.82 bits per heavy atom. The second-order valence-electron chi connectivity index (χ2n) is 8.12. The van der Waals surface area contributed by atoms with Gasteiger partial charge >= 0.3 is 0 Å². The van der Waals surface area contributed by atoms with Crippen LogP contribution in [0.2, 0.25) is 0 Å². The van der Waals surface area contributed by atoms with Gasteiger partial charge in [-0.1, -0.05) is 0 Å². The number of rotatable bonds is 4. The summed E-state index contributed by atoms with van der Waals surface area (Å²) < 4.78 is 0. The number of hydrogen-bond acceptors (Lipinski definition) is 4. The molecule has 0 N–H and O–H groups in total. The van der Waals surface area contributed by atoms with E-state index in [9.17, 15) is 0 Å². The van der Waals surface area contributed by atoms with E-state index < -0.39 is 0 Å². The van der Waals surface area contributed by atoms with Crippen LogP contribution in [0.4, 0.5) is 0 Å². The van der Waals surface area contributed by atoms with Gasteiger partial charge < -0.3 is 19.6 Å². The highest BCUT2D eigenvalue weighted by Crippen LogP contribution is 2.20. The summed E-state index contributed by atoms with van der Waals surface area (Å²) in [6, 6.07) is 0. The lowest BCUT2D eigenvalue weighted by atomic mass is 9.96. The summed E-state index contributed by atoms with van der Waals surface area (Å²) in [6.45, 7) is 13.1. The largest absolute Gasteiger partial charge is 0.306 e. The Morgan fingerprint density at radius 2 is 1.23 bits per heavy atom. The molecule has 0 aromatic carbocycles. The first-order valence-electron chi connectivity index (χ1n) is 9.51. The topological polar surface area (TPSA) is 13.0 Å². The van der Waals surface area contributed by atoms with Gasteiger partial charge in [0, 0.05) is 45.8 Å². The molecule has 0 aromatic rings. The van der Waals surface area contributed by atoms with Crippen molar-refractivity contribution < 1.29 is 0 Å². The van der Waals surface area contributed by atoms with Gasteiger partial charge in [-0.3, -0.25) is 0 Å². The standard InChI is InChI=1S/C18H36N4/c1-19-8-5-17(6-9-19)15-21-10-12-22(13-11-21)16-18-4-3-7-20(2)14-18/h17-18H,3-16H2,1-2H3. The van der Waals surface area contributed by atoms with E-state index in [1.54, 1.807) is 0 Å². The van der Waals surface area contributed by atoms with E-state index in [2.05, 4.69) is 33.7 Å². The molecule has 0 spiro atoms. The van der Waals surface area contributed by atoms with E-state index in [4.69, 9.17) is 0 Å². The first kappa shape index (κ1) is 16.7. The van der Waals surface area contributed by atoms with Crippen molar-refractivity contribution in [3.63, 3.8) is 0 Å². The minimum atomic E-state index is 0.916. The number of likely N-dealkylation sites (tertiary alicyclic amines) is 2. The van der Waals surface area contributed by atoms with Crippen LogP contribution in [0, 0.1) is 11.8 Å². The predicted molar refractivity (Wildman–Crippen MR) is 93.3 cm³/mol. The second kappa shape index (κ2) is 8.09. The number of piperidine rings is 2. The van der Waals surface area contributed by atoms with Crippen LogP contribution in [0.15, 0.2) is 0 Å². The third-order valence-electron chi connectivity index (χ3n) is 6.06. The third-order valence-corrected chi connectivity index (χ3v) is 6.06. The smallest absolute Gasteiger partial charge is 0.0110 e. The highest BCUT2D eigenvalue weighted by molar-refractivity contribution is 4.80. The third kappa shape index (κ3) is 4.92. The number of nitrogens with zero attached hydrogens (tertiary/aromatic N) is 4. The molecule has 0 saturated carbocycles. The average Bonchev–Trinajstić information content (AvgIpc) is 2.52. The minimum Gasteiger partial charge on any atom is -0.306 e. The van der Waals surface area contributed by atoms with Crippen LogP contribution in [-0.2, 0) is 0 Å². The molecule has 3 fully saturated rings. The Balaban J connectivity index is 1.33. The lowest BCUT2D eigenvalue weighted by molar-refractivity contribution is 0.0787. The molecule has 0 bridgehead atoms. The van der Waals surface area contributed by atoms with Crippen molar-refractivity contribution in [1.82, 2.24) is 19.6 Å². The first-order valence-corrected chi connectivity index (χ1v) is 9.51. The Morgan fingerprint density at radius 1 is 0.636 bits per heavy atom. The molecule has 22 heavy (non-hydrogen) atoms. The van der Waals surface area contributed by atoms with E-state index >= 15 is 0 Å². The molecule has 4 nitrogen and oxygen atoms in total. The summed E-state index contributed by atoms with van der Waals surface area (Å²) in [5.74, 6) is 1.87. The van der Waals surface area contributed by atoms with Crippen LogP contribution >= 0.6 is 0 Å². The molecule has 128 valence electrons. The van der Waals surface area contributed by atoms with Gasteiger partial charge in [-0.2, -0.15) is 0 Å². The monoisotopic (exact) mass is 308 g/mol. The summed E-state index contributed by atoms with van der Waals surface area (Å²) in [7, 11) is 4.55. The zero-order valence-corrected chi connectivity index (χ0v) is 14.8. The normalized spacial score (nSPS) is 31.6. The highest BCUT2D eigenvalue weighted by atomic mass is 15.3. The van der Waals surface area contributed by atoms with Crippen molar-refractivity contribution in [2.45, 2.75) is 25.7 Å². The van der Waals surface area contributed by atoms with Crippen LogP contribution in [0.5, 0.6) is 0 Å².